The number of nitrogens with zero attached hydrogens (tertiary/aromatic N) is 4. The second kappa shape index (κ2) is 10.7. The maximum Gasteiger partial charge on any atom is 0.323 e. The minimum atomic E-state index is -3.20. The summed E-state index contributed by atoms with van der Waals surface area (Å²) in [5.74, 6) is -3.86. The highest BCUT2D eigenvalue weighted by atomic mass is 31.1. The molecule has 2 fully saturated rings. The van der Waals surface area contributed by atoms with Gasteiger partial charge in [-0.15, -0.1) is 0 Å². The number of carbonyl (C=O) groups is 1. The van der Waals surface area contributed by atoms with Crippen LogP contribution in [0, 0.1) is 0 Å². The number of anilines is 1. The minimum Gasteiger partial charge on any atom is -0.476 e. The third kappa shape index (κ3) is 5.55. The Morgan fingerprint density at radius 1 is 1.41 bits per heavy atom. The summed E-state index contributed by atoms with van der Waals surface area (Å²) in [6.07, 6.45) is 0.337. The summed E-state index contributed by atoms with van der Waals surface area (Å²) in [5.41, 5.74) is 3.15. The molecule has 2 aliphatic rings. The van der Waals surface area contributed by atoms with E-state index >= 15 is 8.78 Å². The van der Waals surface area contributed by atoms with Crippen LogP contribution in [0.5, 0.6) is 5.88 Å². The van der Waals surface area contributed by atoms with Crippen molar-refractivity contribution in [3.8, 4) is 5.88 Å². The van der Waals surface area contributed by atoms with Crippen LogP contribution in [0.25, 0.3) is 11.2 Å². The van der Waals surface area contributed by atoms with Crippen molar-refractivity contribution in [1.82, 2.24) is 24.6 Å². The Morgan fingerprint density at radius 2 is 2.11 bits per heavy atom. The van der Waals surface area contributed by atoms with Gasteiger partial charge in [-0.05, 0) is 46.5 Å². The lowest BCUT2D eigenvalue weighted by Crippen LogP contribution is -2.46. The zero-order valence-corrected chi connectivity index (χ0v) is 21.6. The third-order valence-electron chi connectivity index (χ3n) is 6.35. The number of alkyl halides is 2. The number of esters is 1. The second-order valence-corrected chi connectivity index (χ2v) is 10.4. The molecule has 2 aromatic rings. The van der Waals surface area contributed by atoms with Crippen LogP contribution < -0.4 is 15.6 Å². The topological polar surface area (TPSA) is 173 Å². The molecule has 13 nitrogen and oxygen atoms in total. The molecule has 0 spiro atoms. The van der Waals surface area contributed by atoms with Crippen molar-refractivity contribution in [3.63, 3.8) is 0 Å². The maximum absolute atomic E-state index is 15.7. The van der Waals surface area contributed by atoms with Gasteiger partial charge in [-0.3, -0.25) is 13.9 Å². The number of nitrogen functional groups attached to an aromatic ring is 1. The van der Waals surface area contributed by atoms with Crippen LogP contribution in [-0.4, -0.2) is 73.6 Å². The quantitative estimate of drug-likeness (QED) is 0.291. The highest BCUT2D eigenvalue weighted by Crippen LogP contribution is 2.49. The fourth-order valence-electron chi connectivity index (χ4n) is 4.39. The Balaban J connectivity index is 1.44. The highest BCUT2D eigenvalue weighted by molar-refractivity contribution is 7.36. The Hall–Kier alpha value is -2.45. The van der Waals surface area contributed by atoms with Gasteiger partial charge < -0.3 is 29.6 Å². The average molecular weight is 548 g/mol. The first-order valence-electron chi connectivity index (χ1n) is 12.0. The Labute approximate surface area is 211 Å². The van der Waals surface area contributed by atoms with E-state index < -0.39 is 50.7 Å². The summed E-state index contributed by atoms with van der Waals surface area (Å²) in [7, 11) is -3.20. The molecule has 1 aliphatic carbocycles. The van der Waals surface area contributed by atoms with Gasteiger partial charge in [-0.25, -0.2) is 18.9 Å². The first-order chi connectivity index (χ1) is 17.5. The maximum atomic E-state index is 15.7. The average Bonchev–Trinajstić information content (AvgIpc) is 3.54. The molecule has 2 unspecified atom stereocenters. The Kier molecular flexibility index (Phi) is 8.00. The molecule has 0 amide bonds. The molecule has 206 valence electrons. The van der Waals surface area contributed by atoms with Gasteiger partial charge in [0.1, 0.15) is 18.8 Å². The first-order valence-corrected chi connectivity index (χ1v) is 13.3. The zero-order chi connectivity index (χ0) is 27.0. The van der Waals surface area contributed by atoms with Crippen LogP contribution >= 0.6 is 8.18 Å². The predicted molar refractivity (Wildman–Crippen MR) is 126 cm³/mol. The van der Waals surface area contributed by atoms with Crippen molar-refractivity contribution in [2.24, 2.45) is 0 Å². The van der Waals surface area contributed by atoms with E-state index in [-0.39, 0.29) is 35.7 Å². The van der Waals surface area contributed by atoms with Gasteiger partial charge in [-0.2, -0.15) is 9.97 Å². The molecule has 0 aromatic carbocycles. The molecule has 1 saturated carbocycles. The number of halogens is 2. The molecule has 1 aliphatic heterocycles. The summed E-state index contributed by atoms with van der Waals surface area (Å²) in [5, 5.41) is 12.9. The van der Waals surface area contributed by atoms with Crippen molar-refractivity contribution in [1.29, 1.82) is 0 Å². The zero-order valence-electron chi connectivity index (χ0n) is 20.6. The third-order valence-corrected chi connectivity index (χ3v) is 7.42. The summed E-state index contributed by atoms with van der Waals surface area (Å²) in [4.78, 5) is 24.2. The van der Waals surface area contributed by atoms with Crippen molar-refractivity contribution in [3.05, 3.63) is 6.33 Å². The lowest BCUT2D eigenvalue weighted by molar-refractivity contribution is -0.201. The van der Waals surface area contributed by atoms with Crippen LogP contribution in [0.4, 0.5) is 14.7 Å². The molecule has 0 radical (unpaired) electrons. The summed E-state index contributed by atoms with van der Waals surface area (Å²) in [6, 6.07) is -0.988. The number of aliphatic hydroxyl groups is 1. The molecule has 37 heavy (non-hydrogen) atoms. The number of nitrogens with two attached hydrogens (primary N) is 1. The van der Waals surface area contributed by atoms with Gasteiger partial charge >= 0.3 is 5.97 Å². The monoisotopic (exact) mass is 548 g/mol. The number of ether oxygens (including phenoxy) is 3. The van der Waals surface area contributed by atoms with E-state index in [1.54, 1.807) is 6.92 Å². The van der Waals surface area contributed by atoms with Crippen LogP contribution in [-0.2, 0) is 23.4 Å². The number of nitrogens with one attached hydrogen (secondary N) is 1. The van der Waals surface area contributed by atoms with E-state index in [0.29, 0.717) is 0 Å². The van der Waals surface area contributed by atoms with Crippen LogP contribution in [0.1, 0.15) is 52.7 Å². The molecule has 3 heterocycles. The second-order valence-electron chi connectivity index (χ2n) is 9.24. The molecule has 0 bridgehead atoms. The van der Waals surface area contributed by atoms with Crippen molar-refractivity contribution < 1.29 is 42.0 Å². The van der Waals surface area contributed by atoms with Gasteiger partial charge in [0.15, 0.2) is 29.2 Å². The highest BCUT2D eigenvalue weighted by Gasteiger charge is 2.65. The minimum absolute atomic E-state index is 0.00737. The van der Waals surface area contributed by atoms with Gasteiger partial charge in [0.25, 0.3) is 14.0 Å². The lowest BCUT2D eigenvalue weighted by Gasteiger charge is -2.25. The molecular formula is C21H31F2N6O7P. The number of carbonyl (C=O) groups excluding carboxylic acids is 1. The van der Waals surface area contributed by atoms with Gasteiger partial charge in [-0.1, -0.05) is 0 Å². The largest absolute Gasteiger partial charge is 0.476 e. The van der Waals surface area contributed by atoms with Crippen molar-refractivity contribution >= 4 is 31.3 Å². The smallest absolute Gasteiger partial charge is 0.323 e. The molecular weight excluding hydrogens is 517 g/mol. The van der Waals surface area contributed by atoms with E-state index in [9.17, 15) is 14.5 Å². The lowest BCUT2D eigenvalue weighted by atomic mass is 9.97. The molecule has 2 aromatic heterocycles. The number of aromatic nitrogens is 4. The Morgan fingerprint density at radius 3 is 2.78 bits per heavy atom. The van der Waals surface area contributed by atoms with E-state index in [1.807, 2.05) is 0 Å². The van der Waals surface area contributed by atoms with Crippen molar-refractivity contribution in [2.45, 2.75) is 82.5 Å². The Bertz CT molecular complexity index is 1160. The van der Waals surface area contributed by atoms with Crippen molar-refractivity contribution in [2.75, 3.05) is 18.9 Å². The molecule has 4 N–H and O–H groups in total. The molecule has 1 saturated heterocycles. The summed E-state index contributed by atoms with van der Waals surface area (Å²) in [6.45, 7) is 3.23. The molecule has 16 heteroatoms. The van der Waals surface area contributed by atoms with Gasteiger partial charge in [0, 0.05) is 0 Å². The molecule has 4 rings (SSSR count). The number of fused-ring (bicyclic) bond motifs is 1. The van der Waals surface area contributed by atoms with E-state index in [0.717, 1.165) is 43.5 Å². The summed E-state index contributed by atoms with van der Waals surface area (Å²) >= 11 is 0. The first kappa shape index (κ1) is 27.6. The summed E-state index contributed by atoms with van der Waals surface area (Å²) < 4.78 is 65.8. The number of imidazole rings is 1. The van der Waals surface area contributed by atoms with Crippen LogP contribution in [0.15, 0.2) is 6.33 Å². The normalized spacial score (nSPS) is 30.0. The number of aliphatic hydroxyl groups excluding tert-OH is 1. The predicted octanol–water partition coefficient (Wildman–Crippen LogP) is 1.96. The number of hydrogen-bond donors (Lipinski definition) is 3. The number of rotatable bonds is 10. The molecule has 6 atom stereocenters. The SMILES string of the molecule is CCOc1nc(N)nc2c1ncn2[C@@H]1O[C@](F)(CO[PH](=O)N[C@@H](C)C(=O)OC2CCCC2)C(O)[C@@]1(C)F. The van der Waals surface area contributed by atoms with E-state index in [1.165, 1.54) is 6.92 Å². The van der Waals surface area contributed by atoms with Gasteiger partial charge in [0.2, 0.25) is 11.8 Å². The van der Waals surface area contributed by atoms with E-state index in [4.69, 9.17) is 24.5 Å². The number of hydrogen-bond acceptors (Lipinski definition) is 11. The van der Waals surface area contributed by atoms with E-state index in [2.05, 4.69) is 20.0 Å². The van der Waals surface area contributed by atoms with Gasteiger partial charge in [0.05, 0.1) is 12.9 Å². The van der Waals surface area contributed by atoms with Crippen LogP contribution in [0.3, 0.4) is 0 Å². The standard InChI is InChI=1S/C21H31F2N6O7P/c1-4-33-15-13-14(26-19(24)27-15)29(10-25-13)18-20(3,22)17(31)21(23,36-18)9-34-37(32)28-11(2)16(30)35-12-7-5-6-8-12/h10-12,17-18,31,37H,4-9H2,1-3H3,(H,28,32)(H2,24,26,27)/t11-,17?,18+,20+,21+/m0/s1. The fraction of sp³-hybridized carbons (Fsp3) is 0.714. The fourth-order valence-corrected chi connectivity index (χ4v) is 5.28. The van der Waals surface area contributed by atoms with Crippen LogP contribution in [0.2, 0.25) is 0 Å².